The molecule has 0 unspecified atom stereocenters. The molecular formula is C22H17ClN2O5S. The van der Waals surface area contributed by atoms with Gasteiger partial charge in [0, 0.05) is 12.0 Å². The summed E-state index contributed by atoms with van der Waals surface area (Å²) in [6, 6.07) is 20.2. The maximum Gasteiger partial charge on any atom is 0.255 e. The number of halogens is 1. The van der Waals surface area contributed by atoms with Gasteiger partial charge in [0.15, 0.2) is 5.75 Å². The van der Waals surface area contributed by atoms with Crippen LogP contribution < -0.4 is 14.4 Å². The van der Waals surface area contributed by atoms with E-state index in [1.165, 1.54) is 18.2 Å². The van der Waals surface area contributed by atoms with Gasteiger partial charge in [0.25, 0.3) is 5.91 Å². The Labute approximate surface area is 184 Å². The number of para-hydroxylation sites is 3. The van der Waals surface area contributed by atoms with Crippen LogP contribution in [0, 0.1) is 0 Å². The van der Waals surface area contributed by atoms with Crippen LogP contribution in [0.5, 0.6) is 11.5 Å². The van der Waals surface area contributed by atoms with Gasteiger partial charge >= 0.3 is 0 Å². The van der Waals surface area contributed by atoms with Gasteiger partial charge in [-0.15, -0.1) is 0 Å². The topological polar surface area (TPSA) is 92.8 Å². The van der Waals surface area contributed by atoms with E-state index < -0.39 is 21.8 Å². The highest BCUT2D eigenvalue weighted by Gasteiger charge is 2.37. The molecule has 1 saturated heterocycles. The van der Waals surface area contributed by atoms with Crippen molar-refractivity contribution in [1.29, 1.82) is 0 Å². The molecular weight excluding hydrogens is 440 g/mol. The monoisotopic (exact) mass is 456 g/mol. The summed E-state index contributed by atoms with van der Waals surface area (Å²) in [4.78, 5) is 25.0. The Morgan fingerprint density at radius 3 is 2.42 bits per heavy atom. The lowest BCUT2D eigenvalue weighted by atomic mass is 10.1. The SMILES string of the molecule is O=C(Nc1ccccc1Oc1ccccc1)c1ccc(Cl)c(N2C(=O)CCS2(=O)=O)c1. The molecule has 9 heteroatoms. The van der Waals surface area contributed by atoms with E-state index in [0.29, 0.717) is 21.5 Å². The predicted octanol–water partition coefficient (Wildman–Crippen LogP) is 4.45. The highest BCUT2D eigenvalue weighted by molar-refractivity contribution is 7.94. The fourth-order valence-electron chi connectivity index (χ4n) is 3.13. The summed E-state index contributed by atoms with van der Waals surface area (Å²) in [6.45, 7) is 0. The van der Waals surface area contributed by atoms with Crippen molar-refractivity contribution in [3.63, 3.8) is 0 Å². The smallest absolute Gasteiger partial charge is 0.255 e. The lowest BCUT2D eigenvalue weighted by Crippen LogP contribution is -2.30. The molecule has 1 heterocycles. The van der Waals surface area contributed by atoms with Crippen LogP contribution in [-0.4, -0.2) is 26.0 Å². The lowest BCUT2D eigenvalue weighted by Gasteiger charge is -2.18. The second kappa shape index (κ2) is 8.41. The van der Waals surface area contributed by atoms with E-state index in [9.17, 15) is 18.0 Å². The molecule has 1 aliphatic heterocycles. The average Bonchev–Trinajstić information content (AvgIpc) is 3.03. The van der Waals surface area contributed by atoms with Crippen molar-refractivity contribution < 1.29 is 22.7 Å². The van der Waals surface area contributed by atoms with Crippen molar-refractivity contribution >= 4 is 44.8 Å². The van der Waals surface area contributed by atoms with Gasteiger partial charge in [-0.3, -0.25) is 9.59 Å². The van der Waals surface area contributed by atoms with E-state index in [-0.39, 0.29) is 28.4 Å². The van der Waals surface area contributed by atoms with Crippen molar-refractivity contribution in [3.8, 4) is 11.5 Å². The van der Waals surface area contributed by atoms with Crippen LogP contribution in [-0.2, 0) is 14.8 Å². The number of carbonyl (C=O) groups excluding carboxylic acids is 2. The number of hydrogen-bond acceptors (Lipinski definition) is 5. The Kier molecular flexibility index (Phi) is 5.67. The normalized spacial score (nSPS) is 15.0. The molecule has 0 bridgehead atoms. The van der Waals surface area contributed by atoms with Crippen LogP contribution in [0.15, 0.2) is 72.8 Å². The van der Waals surface area contributed by atoms with Crippen LogP contribution in [0.25, 0.3) is 0 Å². The number of ether oxygens (including phenoxy) is 1. The Morgan fingerprint density at radius 2 is 1.71 bits per heavy atom. The zero-order chi connectivity index (χ0) is 22.0. The first kappa shape index (κ1) is 20.9. The third-order valence-electron chi connectivity index (χ3n) is 4.61. The Hall–Kier alpha value is -3.36. The molecule has 0 spiro atoms. The van der Waals surface area contributed by atoms with Gasteiger partial charge in [-0.2, -0.15) is 0 Å². The standard InChI is InChI=1S/C22H17ClN2O5S/c23-17-11-10-15(14-19(17)25-21(26)12-13-31(25,28)29)22(27)24-18-8-4-5-9-20(18)30-16-6-2-1-3-7-16/h1-11,14H,12-13H2,(H,24,27). The van der Waals surface area contributed by atoms with Crippen LogP contribution in [0.2, 0.25) is 5.02 Å². The number of rotatable bonds is 5. The summed E-state index contributed by atoms with van der Waals surface area (Å²) in [6.07, 6.45) is -0.126. The zero-order valence-electron chi connectivity index (χ0n) is 16.1. The summed E-state index contributed by atoms with van der Waals surface area (Å²) in [7, 11) is -3.81. The molecule has 0 aliphatic carbocycles. The van der Waals surface area contributed by atoms with Crippen molar-refractivity contribution in [1.82, 2.24) is 0 Å². The Balaban J connectivity index is 1.61. The van der Waals surface area contributed by atoms with Gasteiger partial charge in [-0.1, -0.05) is 41.9 Å². The number of hydrogen-bond donors (Lipinski definition) is 1. The summed E-state index contributed by atoms with van der Waals surface area (Å²) in [5.41, 5.74) is 0.534. The molecule has 1 aliphatic rings. The number of nitrogens with one attached hydrogen (secondary N) is 1. The van der Waals surface area contributed by atoms with E-state index in [1.54, 1.807) is 36.4 Å². The van der Waals surface area contributed by atoms with E-state index in [0.717, 1.165) is 0 Å². The molecule has 2 amide bonds. The summed E-state index contributed by atoms with van der Waals surface area (Å²) in [5.74, 6) is -0.334. The molecule has 1 fully saturated rings. The van der Waals surface area contributed by atoms with E-state index in [4.69, 9.17) is 16.3 Å². The van der Waals surface area contributed by atoms with Gasteiger partial charge < -0.3 is 10.1 Å². The highest BCUT2D eigenvalue weighted by Crippen LogP contribution is 2.34. The molecule has 0 aromatic heterocycles. The third-order valence-corrected chi connectivity index (χ3v) is 6.61. The van der Waals surface area contributed by atoms with Gasteiger partial charge in [-0.05, 0) is 42.5 Å². The molecule has 31 heavy (non-hydrogen) atoms. The number of anilines is 2. The lowest BCUT2D eigenvalue weighted by molar-refractivity contribution is -0.116. The number of carbonyl (C=O) groups is 2. The summed E-state index contributed by atoms with van der Waals surface area (Å²) in [5, 5.41) is 2.81. The minimum Gasteiger partial charge on any atom is -0.455 e. The summed E-state index contributed by atoms with van der Waals surface area (Å²) < 4.78 is 31.0. The first-order valence-corrected chi connectivity index (χ1v) is 11.3. The molecule has 4 rings (SSSR count). The van der Waals surface area contributed by atoms with Gasteiger partial charge in [0.2, 0.25) is 15.9 Å². The van der Waals surface area contributed by atoms with Crippen molar-refractivity contribution in [2.45, 2.75) is 6.42 Å². The van der Waals surface area contributed by atoms with Gasteiger partial charge in [0.05, 0.1) is 22.2 Å². The molecule has 158 valence electrons. The minimum absolute atomic E-state index is 0.0364. The molecule has 0 atom stereocenters. The van der Waals surface area contributed by atoms with Crippen molar-refractivity contribution in [3.05, 3.63) is 83.4 Å². The molecule has 0 saturated carbocycles. The largest absolute Gasteiger partial charge is 0.455 e. The second-order valence-corrected chi connectivity index (χ2v) is 9.10. The summed E-state index contributed by atoms with van der Waals surface area (Å²) >= 11 is 6.14. The van der Waals surface area contributed by atoms with E-state index >= 15 is 0 Å². The average molecular weight is 457 g/mol. The molecule has 3 aromatic carbocycles. The first-order valence-electron chi connectivity index (χ1n) is 9.34. The highest BCUT2D eigenvalue weighted by atomic mass is 35.5. The maximum absolute atomic E-state index is 12.9. The minimum atomic E-state index is -3.81. The van der Waals surface area contributed by atoms with Crippen molar-refractivity contribution in [2.75, 3.05) is 15.4 Å². The second-order valence-electron chi connectivity index (χ2n) is 6.76. The maximum atomic E-state index is 12.9. The fourth-order valence-corrected chi connectivity index (χ4v) is 4.85. The van der Waals surface area contributed by atoms with Crippen molar-refractivity contribution in [2.24, 2.45) is 0 Å². The van der Waals surface area contributed by atoms with Crippen LogP contribution in [0.4, 0.5) is 11.4 Å². The zero-order valence-corrected chi connectivity index (χ0v) is 17.7. The first-order chi connectivity index (χ1) is 14.8. The van der Waals surface area contributed by atoms with Crippen LogP contribution >= 0.6 is 11.6 Å². The molecule has 1 N–H and O–H groups in total. The van der Waals surface area contributed by atoms with Crippen LogP contribution in [0.3, 0.4) is 0 Å². The van der Waals surface area contributed by atoms with E-state index in [1.807, 2.05) is 18.2 Å². The number of amides is 2. The fraction of sp³-hybridized carbons (Fsp3) is 0.0909. The quantitative estimate of drug-likeness (QED) is 0.612. The predicted molar refractivity (Wildman–Crippen MR) is 118 cm³/mol. The molecule has 0 radical (unpaired) electrons. The Morgan fingerprint density at radius 1 is 1.00 bits per heavy atom. The third kappa shape index (κ3) is 4.40. The van der Waals surface area contributed by atoms with Crippen LogP contribution in [0.1, 0.15) is 16.8 Å². The number of nitrogens with zero attached hydrogens (tertiary/aromatic N) is 1. The van der Waals surface area contributed by atoms with Gasteiger partial charge in [0.1, 0.15) is 5.75 Å². The number of sulfonamides is 1. The van der Waals surface area contributed by atoms with Gasteiger partial charge in [-0.25, -0.2) is 12.7 Å². The molecule has 7 nitrogen and oxygen atoms in total. The Bertz CT molecular complexity index is 1260. The van der Waals surface area contributed by atoms with E-state index in [2.05, 4.69) is 5.32 Å². The molecule has 3 aromatic rings. The number of benzene rings is 3.